The zero-order chi connectivity index (χ0) is 14.3. The van der Waals surface area contributed by atoms with E-state index in [0.29, 0.717) is 0 Å². The molecule has 102 valence electrons. The number of aryl methyl sites for hydroxylation is 2. The molecule has 0 amide bonds. The second-order valence-electron chi connectivity index (χ2n) is 5.62. The summed E-state index contributed by atoms with van der Waals surface area (Å²) in [5.74, 6) is 0. The van der Waals surface area contributed by atoms with Crippen molar-refractivity contribution in [2.24, 2.45) is 0 Å². The third kappa shape index (κ3) is 1.75. The molecular formula is C20H22. The smallest absolute Gasteiger partial charge is 0.00678 e. The average Bonchev–Trinajstić information content (AvgIpc) is 2.49. The normalized spacial score (nSPS) is 11.4. The van der Waals surface area contributed by atoms with Gasteiger partial charge >= 0.3 is 0 Å². The van der Waals surface area contributed by atoms with E-state index < -0.39 is 0 Å². The highest BCUT2D eigenvalue weighted by atomic mass is 14.2. The Morgan fingerprint density at radius 1 is 0.700 bits per heavy atom. The van der Waals surface area contributed by atoms with Gasteiger partial charge in [0, 0.05) is 0 Å². The van der Waals surface area contributed by atoms with Crippen molar-refractivity contribution in [2.75, 3.05) is 0 Å². The van der Waals surface area contributed by atoms with Crippen LogP contribution in [0.1, 0.15) is 36.1 Å². The third-order valence-corrected chi connectivity index (χ3v) is 4.72. The molecule has 0 N–H and O–H groups in total. The van der Waals surface area contributed by atoms with Gasteiger partial charge in [-0.3, -0.25) is 0 Å². The van der Waals surface area contributed by atoms with Crippen molar-refractivity contribution in [3.05, 3.63) is 58.7 Å². The maximum atomic E-state index is 2.30. The molecule has 20 heavy (non-hydrogen) atoms. The van der Waals surface area contributed by atoms with E-state index in [0.717, 1.165) is 12.8 Å². The first-order valence-electron chi connectivity index (χ1n) is 7.61. The van der Waals surface area contributed by atoms with Crippen LogP contribution in [0.25, 0.3) is 21.5 Å². The molecule has 3 aromatic carbocycles. The second-order valence-corrected chi connectivity index (χ2v) is 5.62. The lowest BCUT2D eigenvalue weighted by Crippen LogP contribution is -2.00. The zero-order valence-electron chi connectivity index (χ0n) is 12.9. The number of hydrogen-bond donors (Lipinski definition) is 0. The van der Waals surface area contributed by atoms with Gasteiger partial charge in [-0.05, 0) is 70.5 Å². The van der Waals surface area contributed by atoms with Gasteiger partial charge in [0.15, 0.2) is 0 Å². The molecule has 0 heteroatoms. The quantitative estimate of drug-likeness (QED) is 0.517. The molecule has 0 unspecified atom stereocenters. The Morgan fingerprint density at radius 2 is 1.40 bits per heavy atom. The van der Waals surface area contributed by atoms with Crippen LogP contribution in [0.2, 0.25) is 0 Å². The Bertz CT molecular complexity index is 794. The van der Waals surface area contributed by atoms with Crippen LogP contribution in [-0.2, 0) is 12.8 Å². The molecule has 0 bridgehead atoms. The fraction of sp³-hybridized carbons (Fsp3) is 0.300. The number of hydrogen-bond acceptors (Lipinski definition) is 0. The van der Waals surface area contributed by atoms with E-state index >= 15 is 0 Å². The van der Waals surface area contributed by atoms with Crippen LogP contribution >= 0.6 is 0 Å². The maximum Gasteiger partial charge on any atom is -0.00678 e. The predicted octanol–water partition coefficient (Wildman–Crippen LogP) is 5.73. The number of fused-ring (bicyclic) bond motifs is 3. The average molecular weight is 262 g/mol. The van der Waals surface area contributed by atoms with Gasteiger partial charge < -0.3 is 0 Å². The van der Waals surface area contributed by atoms with Crippen molar-refractivity contribution in [3.63, 3.8) is 0 Å². The van der Waals surface area contributed by atoms with Crippen molar-refractivity contribution < 1.29 is 0 Å². The molecular weight excluding hydrogens is 240 g/mol. The van der Waals surface area contributed by atoms with Crippen LogP contribution in [0.15, 0.2) is 36.4 Å². The predicted molar refractivity (Wildman–Crippen MR) is 89.7 cm³/mol. The lowest BCUT2D eigenvalue weighted by Gasteiger charge is -2.19. The highest BCUT2D eigenvalue weighted by Gasteiger charge is 2.14. The Hall–Kier alpha value is -1.82. The van der Waals surface area contributed by atoms with Crippen molar-refractivity contribution in [2.45, 2.75) is 40.5 Å². The summed E-state index contributed by atoms with van der Waals surface area (Å²) < 4.78 is 0. The standard InChI is InChI=1S/C20H22/c1-5-16-13(3)14(4)18-12-11-15-9-7-8-10-19(15)20(18)17(16)6-2/h7-12H,5-6H2,1-4H3. The SMILES string of the molecule is CCc1c(C)c(C)c2ccc3ccccc3c2c1CC. The molecule has 0 saturated carbocycles. The summed E-state index contributed by atoms with van der Waals surface area (Å²) in [5.41, 5.74) is 6.02. The monoisotopic (exact) mass is 262 g/mol. The van der Waals surface area contributed by atoms with E-state index in [9.17, 15) is 0 Å². The molecule has 0 fully saturated rings. The summed E-state index contributed by atoms with van der Waals surface area (Å²) >= 11 is 0. The minimum atomic E-state index is 1.11. The summed E-state index contributed by atoms with van der Waals surface area (Å²) in [7, 11) is 0. The molecule has 0 radical (unpaired) electrons. The van der Waals surface area contributed by atoms with E-state index in [1.165, 1.54) is 32.7 Å². The van der Waals surface area contributed by atoms with Crippen LogP contribution < -0.4 is 0 Å². The minimum Gasteiger partial charge on any atom is -0.0616 e. The fourth-order valence-electron chi connectivity index (χ4n) is 3.58. The fourth-order valence-corrected chi connectivity index (χ4v) is 3.58. The zero-order valence-corrected chi connectivity index (χ0v) is 12.9. The summed E-state index contributed by atoms with van der Waals surface area (Å²) in [6.07, 6.45) is 2.23. The van der Waals surface area contributed by atoms with E-state index in [1.807, 2.05) is 0 Å². The molecule has 0 aliphatic rings. The van der Waals surface area contributed by atoms with Crippen molar-refractivity contribution >= 4 is 21.5 Å². The Kier molecular flexibility index (Phi) is 3.25. The third-order valence-electron chi connectivity index (χ3n) is 4.72. The van der Waals surface area contributed by atoms with Gasteiger partial charge in [0.05, 0.1) is 0 Å². The largest absolute Gasteiger partial charge is 0.0616 e. The maximum absolute atomic E-state index is 2.30. The molecule has 0 atom stereocenters. The molecule has 0 saturated heterocycles. The van der Waals surface area contributed by atoms with Gasteiger partial charge in [-0.25, -0.2) is 0 Å². The lowest BCUT2D eigenvalue weighted by atomic mass is 9.86. The molecule has 3 rings (SSSR count). The van der Waals surface area contributed by atoms with Crippen molar-refractivity contribution in [1.29, 1.82) is 0 Å². The summed E-state index contributed by atoms with van der Waals surface area (Å²) in [5, 5.41) is 5.65. The summed E-state index contributed by atoms with van der Waals surface area (Å²) in [6, 6.07) is 13.3. The number of benzene rings is 3. The van der Waals surface area contributed by atoms with Gasteiger partial charge in [0.2, 0.25) is 0 Å². The molecule has 3 aromatic rings. The van der Waals surface area contributed by atoms with Crippen LogP contribution in [0, 0.1) is 13.8 Å². The Labute approximate surface area is 121 Å². The Balaban J connectivity index is 2.62. The summed E-state index contributed by atoms with van der Waals surface area (Å²) in [6.45, 7) is 9.11. The molecule has 0 aliphatic heterocycles. The van der Waals surface area contributed by atoms with Gasteiger partial charge in [0.25, 0.3) is 0 Å². The van der Waals surface area contributed by atoms with Crippen molar-refractivity contribution in [3.8, 4) is 0 Å². The van der Waals surface area contributed by atoms with Gasteiger partial charge in [-0.2, -0.15) is 0 Å². The van der Waals surface area contributed by atoms with Crippen LogP contribution in [-0.4, -0.2) is 0 Å². The second kappa shape index (κ2) is 4.94. The first kappa shape index (κ1) is 13.2. The molecule has 0 heterocycles. The minimum absolute atomic E-state index is 1.11. The van der Waals surface area contributed by atoms with Gasteiger partial charge in [0.1, 0.15) is 0 Å². The van der Waals surface area contributed by atoms with Gasteiger partial charge in [-0.15, -0.1) is 0 Å². The van der Waals surface area contributed by atoms with E-state index in [4.69, 9.17) is 0 Å². The molecule has 0 aromatic heterocycles. The Morgan fingerprint density at radius 3 is 2.10 bits per heavy atom. The molecule has 0 nitrogen and oxygen atoms in total. The highest BCUT2D eigenvalue weighted by Crippen LogP contribution is 2.35. The van der Waals surface area contributed by atoms with E-state index in [2.05, 4.69) is 64.1 Å². The van der Waals surface area contributed by atoms with E-state index in [1.54, 1.807) is 11.1 Å². The van der Waals surface area contributed by atoms with Crippen LogP contribution in [0.3, 0.4) is 0 Å². The molecule has 0 spiro atoms. The van der Waals surface area contributed by atoms with Crippen LogP contribution in [0.5, 0.6) is 0 Å². The topological polar surface area (TPSA) is 0 Å². The molecule has 0 aliphatic carbocycles. The van der Waals surface area contributed by atoms with E-state index in [-0.39, 0.29) is 0 Å². The summed E-state index contributed by atoms with van der Waals surface area (Å²) in [4.78, 5) is 0. The number of rotatable bonds is 2. The first-order valence-corrected chi connectivity index (χ1v) is 7.61. The first-order chi connectivity index (χ1) is 9.69. The van der Waals surface area contributed by atoms with Gasteiger partial charge in [-0.1, -0.05) is 50.2 Å². The highest BCUT2D eigenvalue weighted by molar-refractivity contribution is 6.10. The van der Waals surface area contributed by atoms with Crippen molar-refractivity contribution in [1.82, 2.24) is 0 Å². The van der Waals surface area contributed by atoms with Crippen LogP contribution in [0.4, 0.5) is 0 Å². The lowest BCUT2D eigenvalue weighted by molar-refractivity contribution is 1.03.